The summed E-state index contributed by atoms with van der Waals surface area (Å²) in [6, 6.07) is 13.1. The molecule has 3 heterocycles. The van der Waals surface area contributed by atoms with E-state index in [-0.39, 0.29) is 0 Å². The highest BCUT2D eigenvalue weighted by atomic mass is 32.2. The van der Waals surface area contributed by atoms with Gasteiger partial charge in [0.05, 0.1) is 18.9 Å². The first-order valence-electron chi connectivity index (χ1n) is 8.79. The minimum atomic E-state index is 0.898. The minimum absolute atomic E-state index is 0.898. The molecule has 0 bridgehead atoms. The van der Waals surface area contributed by atoms with Crippen LogP contribution in [0.15, 0.2) is 57.9 Å². The van der Waals surface area contributed by atoms with Gasteiger partial charge in [-0.3, -0.25) is 4.99 Å². The third kappa shape index (κ3) is 3.77. The second-order valence-corrected chi connectivity index (χ2v) is 8.56. The van der Waals surface area contributed by atoms with Gasteiger partial charge in [-0.15, -0.1) is 23.1 Å². The Morgan fingerprint density at radius 3 is 2.92 bits per heavy atom. The molecule has 130 valence electrons. The average molecular weight is 370 g/mol. The van der Waals surface area contributed by atoms with Crippen molar-refractivity contribution >= 4 is 39.8 Å². The van der Waals surface area contributed by atoms with Gasteiger partial charge in [-0.05, 0) is 23.9 Å². The first kappa shape index (κ1) is 16.7. The Morgan fingerprint density at radius 1 is 1.20 bits per heavy atom. The minimum Gasteiger partial charge on any atom is -0.363 e. The average Bonchev–Trinajstić information content (AvgIpc) is 3.35. The molecule has 0 spiro atoms. The Kier molecular flexibility index (Phi) is 5.13. The highest BCUT2D eigenvalue weighted by Crippen LogP contribution is 2.31. The summed E-state index contributed by atoms with van der Waals surface area (Å²) in [6.45, 7) is 3.00. The van der Waals surface area contributed by atoms with Gasteiger partial charge in [-0.25, -0.2) is 0 Å². The summed E-state index contributed by atoms with van der Waals surface area (Å²) in [5.74, 6) is 2.31. The van der Waals surface area contributed by atoms with Crippen molar-refractivity contribution in [2.45, 2.75) is 24.3 Å². The third-order valence-electron chi connectivity index (χ3n) is 4.64. The number of likely N-dealkylation sites (tertiary alicyclic amines) is 1. The predicted molar refractivity (Wildman–Crippen MR) is 110 cm³/mol. The highest BCUT2D eigenvalue weighted by molar-refractivity contribution is 7.99. The predicted octanol–water partition coefficient (Wildman–Crippen LogP) is 4.97. The van der Waals surface area contributed by atoms with Crippen LogP contribution in [0.25, 0.3) is 10.9 Å². The maximum Gasteiger partial charge on any atom is 0.0987 e. The van der Waals surface area contributed by atoms with Crippen LogP contribution in [0, 0.1) is 0 Å². The summed E-state index contributed by atoms with van der Waals surface area (Å²) in [5.41, 5.74) is 1.32. The van der Waals surface area contributed by atoms with Gasteiger partial charge >= 0.3 is 0 Å². The second-order valence-electron chi connectivity index (χ2n) is 6.39. The van der Waals surface area contributed by atoms with Crippen LogP contribution in [0.2, 0.25) is 0 Å². The molecule has 0 atom stereocenters. The summed E-state index contributed by atoms with van der Waals surface area (Å²) < 4.78 is 2.38. The van der Waals surface area contributed by atoms with E-state index in [2.05, 4.69) is 64.5 Å². The number of thiophene rings is 1. The van der Waals surface area contributed by atoms with Crippen LogP contribution in [0.3, 0.4) is 0 Å². The lowest BCUT2D eigenvalue weighted by Crippen LogP contribution is -2.19. The van der Waals surface area contributed by atoms with Crippen LogP contribution < -0.4 is 0 Å². The summed E-state index contributed by atoms with van der Waals surface area (Å²) >= 11 is 3.75. The molecule has 1 saturated heterocycles. The molecule has 1 aliphatic rings. The van der Waals surface area contributed by atoms with Crippen LogP contribution in [-0.2, 0) is 6.54 Å². The number of amidine groups is 1. The van der Waals surface area contributed by atoms with E-state index >= 15 is 0 Å². The van der Waals surface area contributed by atoms with Crippen molar-refractivity contribution < 1.29 is 0 Å². The molecule has 0 aliphatic carbocycles. The van der Waals surface area contributed by atoms with Crippen molar-refractivity contribution in [2.24, 2.45) is 4.99 Å². The monoisotopic (exact) mass is 369 g/mol. The molecule has 1 fully saturated rings. The molecule has 0 N–H and O–H groups in total. The number of rotatable bonds is 6. The summed E-state index contributed by atoms with van der Waals surface area (Å²) in [6.07, 6.45) is 4.70. The molecule has 2 aromatic heterocycles. The molecule has 0 unspecified atom stereocenters. The lowest BCUT2D eigenvalue weighted by atomic mass is 10.2. The van der Waals surface area contributed by atoms with Gasteiger partial charge in [0, 0.05) is 52.6 Å². The van der Waals surface area contributed by atoms with Gasteiger partial charge in [-0.2, -0.15) is 0 Å². The number of benzene rings is 1. The van der Waals surface area contributed by atoms with Crippen molar-refractivity contribution in [2.75, 3.05) is 25.9 Å². The zero-order chi connectivity index (χ0) is 17.1. The quantitative estimate of drug-likeness (QED) is 0.452. The van der Waals surface area contributed by atoms with E-state index in [4.69, 9.17) is 4.99 Å². The first-order chi connectivity index (χ1) is 12.3. The zero-order valence-corrected chi connectivity index (χ0v) is 16.2. The lowest BCUT2D eigenvalue weighted by Gasteiger charge is -2.10. The molecule has 5 heteroatoms. The lowest BCUT2D eigenvalue weighted by molar-refractivity contribution is 0.548. The number of para-hydroxylation sites is 1. The van der Waals surface area contributed by atoms with Crippen LogP contribution in [0.1, 0.15) is 17.7 Å². The van der Waals surface area contributed by atoms with Crippen LogP contribution in [0.5, 0.6) is 0 Å². The van der Waals surface area contributed by atoms with E-state index in [1.54, 1.807) is 0 Å². The van der Waals surface area contributed by atoms with E-state index < -0.39 is 0 Å². The normalized spacial score (nSPS) is 16.4. The van der Waals surface area contributed by atoms with Gasteiger partial charge < -0.3 is 9.47 Å². The molecule has 0 saturated carbocycles. The summed E-state index contributed by atoms with van der Waals surface area (Å²) in [5, 5.41) is 3.50. The molecule has 25 heavy (non-hydrogen) atoms. The Balaban J connectivity index is 1.47. The van der Waals surface area contributed by atoms with Gasteiger partial charge in [0.1, 0.15) is 0 Å². The Hall–Kier alpha value is -1.72. The Bertz CT molecular complexity index is 864. The molecule has 0 amide bonds. The smallest absolute Gasteiger partial charge is 0.0987 e. The largest absolute Gasteiger partial charge is 0.363 e. The molecular formula is C20H23N3S2. The van der Waals surface area contributed by atoms with E-state index in [1.165, 1.54) is 32.9 Å². The number of aliphatic imine (C=N–C) groups is 1. The number of fused-ring (bicyclic) bond motifs is 1. The third-order valence-corrected chi connectivity index (χ3v) is 6.52. The molecule has 3 nitrogen and oxygen atoms in total. The van der Waals surface area contributed by atoms with Crippen molar-refractivity contribution in [1.29, 1.82) is 0 Å². The van der Waals surface area contributed by atoms with E-state index in [0.29, 0.717) is 0 Å². The second kappa shape index (κ2) is 7.67. The van der Waals surface area contributed by atoms with Crippen molar-refractivity contribution in [1.82, 2.24) is 9.47 Å². The highest BCUT2D eigenvalue weighted by Gasteiger charge is 2.13. The number of thioether (sulfide) groups is 1. The van der Waals surface area contributed by atoms with E-state index in [9.17, 15) is 0 Å². The van der Waals surface area contributed by atoms with Crippen LogP contribution in [0.4, 0.5) is 0 Å². The molecule has 0 radical (unpaired) electrons. The van der Waals surface area contributed by atoms with Crippen molar-refractivity contribution in [3.8, 4) is 0 Å². The maximum atomic E-state index is 4.78. The fraction of sp³-hybridized carbons (Fsp3) is 0.350. The topological polar surface area (TPSA) is 20.5 Å². The number of nitrogens with zero attached hydrogens (tertiary/aromatic N) is 3. The first-order valence-corrected chi connectivity index (χ1v) is 10.7. The van der Waals surface area contributed by atoms with E-state index in [0.717, 1.165) is 31.8 Å². The van der Waals surface area contributed by atoms with Gasteiger partial charge in [0.15, 0.2) is 0 Å². The van der Waals surface area contributed by atoms with Crippen LogP contribution in [-0.4, -0.2) is 41.2 Å². The standard InChI is InChI=1S/C20H23N3S2/c1-22-11-4-9-20(22)21-10-13-25-19-15-23(14-16-6-5-12-24-16)18-8-3-2-7-17(18)19/h2-3,5-8,12,15H,4,9-11,13-14H2,1H3. The van der Waals surface area contributed by atoms with Gasteiger partial charge in [0.2, 0.25) is 0 Å². The fourth-order valence-corrected chi connectivity index (χ4v) is 4.99. The summed E-state index contributed by atoms with van der Waals surface area (Å²) in [7, 11) is 2.15. The van der Waals surface area contributed by atoms with Gasteiger partial charge in [0.25, 0.3) is 0 Å². The number of hydrogen-bond donors (Lipinski definition) is 0. The van der Waals surface area contributed by atoms with Crippen LogP contribution >= 0.6 is 23.1 Å². The van der Waals surface area contributed by atoms with Crippen molar-refractivity contribution in [3.63, 3.8) is 0 Å². The Labute approximate surface area is 157 Å². The number of aromatic nitrogens is 1. The van der Waals surface area contributed by atoms with Gasteiger partial charge in [-0.1, -0.05) is 24.3 Å². The SMILES string of the molecule is CN1CCCC1=NCCSc1cn(Cc2cccs2)c2ccccc12. The number of hydrogen-bond acceptors (Lipinski definition) is 3. The molecule has 4 rings (SSSR count). The molecule has 3 aromatic rings. The molecular weight excluding hydrogens is 346 g/mol. The summed E-state index contributed by atoms with van der Waals surface area (Å²) in [4.78, 5) is 9.84. The van der Waals surface area contributed by atoms with Crippen molar-refractivity contribution in [3.05, 3.63) is 52.9 Å². The maximum absolute atomic E-state index is 4.78. The molecule has 1 aliphatic heterocycles. The Morgan fingerprint density at radius 2 is 2.12 bits per heavy atom. The fourth-order valence-electron chi connectivity index (χ4n) is 3.35. The van der Waals surface area contributed by atoms with E-state index in [1.807, 2.05) is 23.1 Å². The zero-order valence-electron chi connectivity index (χ0n) is 14.5. The molecule has 1 aromatic carbocycles.